The van der Waals surface area contributed by atoms with Gasteiger partial charge >= 0.3 is 11.7 Å². The van der Waals surface area contributed by atoms with Crippen LogP contribution in [0.25, 0.3) is 5.70 Å². The molecule has 0 saturated carbocycles. The van der Waals surface area contributed by atoms with Gasteiger partial charge in [-0.1, -0.05) is 42.5 Å². The number of hydrogen-bond donors (Lipinski definition) is 4. The number of carbonyl (C=O) groups is 2. The summed E-state index contributed by atoms with van der Waals surface area (Å²) in [6.45, 7) is 0. The zero-order chi connectivity index (χ0) is 20.3. The van der Waals surface area contributed by atoms with E-state index in [0.717, 1.165) is 0 Å². The van der Waals surface area contributed by atoms with Gasteiger partial charge in [-0.15, -0.1) is 0 Å². The predicted molar refractivity (Wildman–Crippen MR) is 104 cm³/mol. The lowest BCUT2D eigenvalue weighted by Gasteiger charge is -2.28. The number of anilines is 1. The van der Waals surface area contributed by atoms with E-state index in [-0.39, 0.29) is 28.3 Å². The molecule has 1 unspecified atom stereocenters. The van der Waals surface area contributed by atoms with Gasteiger partial charge in [0.05, 0.1) is 16.8 Å². The maximum Gasteiger partial charge on any atom is 0.335 e. The third-order valence-electron chi connectivity index (χ3n) is 5.26. The Labute approximate surface area is 162 Å². The molecule has 8 nitrogen and oxygen atoms in total. The van der Waals surface area contributed by atoms with Gasteiger partial charge in [-0.05, 0) is 11.6 Å². The number of aromatic amines is 2. The molecule has 2 heterocycles. The second-order valence-corrected chi connectivity index (χ2v) is 6.81. The average Bonchev–Trinajstić information content (AvgIpc) is 2.98. The highest BCUT2D eigenvalue weighted by Crippen LogP contribution is 2.47. The standard InChI is InChI=1S/C21H13N3O5/c25-17-11-7-3-2-6-10(11)16-14(17)13(9-5-1-4-8-12(9)20(27)28)15-18(22-16)23-21(29)24-19(15)26/h1-8,13H,(H,27,28)(H3,22,23,24,26,29). The fourth-order valence-electron chi connectivity index (χ4n) is 4.11. The summed E-state index contributed by atoms with van der Waals surface area (Å²) in [7, 11) is 0. The third-order valence-corrected chi connectivity index (χ3v) is 5.26. The first kappa shape index (κ1) is 16.9. The molecule has 0 fully saturated rings. The van der Waals surface area contributed by atoms with Crippen LogP contribution in [0.2, 0.25) is 0 Å². The second kappa shape index (κ2) is 5.90. The van der Waals surface area contributed by atoms with Crippen molar-refractivity contribution in [2.45, 2.75) is 5.92 Å². The summed E-state index contributed by atoms with van der Waals surface area (Å²) >= 11 is 0. The summed E-state index contributed by atoms with van der Waals surface area (Å²) in [5, 5.41) is 12.7. The Morgan fingerprint density at radius 3 is 2.34 bits per heavy atom. The summed E-state index contributed by atoms with van der Waals surface area (Å²) in [4.78, 5) is 54.4. The van der Waals surface area contributed by atoms with E-state index in [1.165, 1.54) is 6.07 Å². The third kappa shape index (κ3) is 2.32. The van der Waals surface area contributed by atoms with Gasteiger partial charge in [-0.25, -0.2) is 9.59 Å². The minimum Gasteiger partial charge on any atom is -0.478 e. The van der Waals surface area contributed by atoms with Crippen molar-refractivity contribution in [3.05, 3.63) is 103 Å². The number of H-pyrrole nitrogens is 2. The maximum atomic E-state index is 13.3. The van der Waals surface area contributed by atoms with Gasteiger partial charge < -0.3 is 10.4 Å². The van der Waals surface area contributed by atoms with Crippen LogP contribution in [0.15, 0.2) is 63.7 Å². The molecule has 0 bridgehead atoms. The lowest BCUT2D eigenvalue weighted by Crippen LogP contribution is -2.33. The highest BCUT2D eigenvalue weighted by molar-refractivity contribution is 6.24. The van der Waals surface area contributed by atoms with Crippen molar-refractivity contribution in [3.63, 3.8) is 0 Å². The number of hydrogen-bond acceptors (Lipinski definition) is 5. The lowest BCUT2D eigenvalue weighted by molar-refractivity contribution is 0.0695. The zero-order valence-corrected chi connectivity index (χ0v) is 14.8. The summed E-state index contributed by atoms with van der Waals surface area (Å²) in [5.74, 6) is -2.27. The summed E-state index contributed by atoms with van der Waals surface area (Å²) in [6.07, 6.45) is 0. The van der Waals surface area contributed by atoms with Gasteiger partial charge in [-0.3, -0.25) is 19.6 Å². The van der Waals surface area contributed by atoms with Gasteiger partial charge in [0.25, 0.3) is 5.56 Å². The van der Waals surface area contributed by atoms with Crippen molar-refractivity contribution >= 4 is 23.3 Å². The molecular weight excluding hydrogens is 374 g/mol. The number of benzene rings is 2. The Morgan fingerprint density at radius 1 is 0.897 bits per heavy atom. The number of nitrogens with one attached hydrogen (secondary N) is 3. The van der Waals surface area contributed by atoms with Gasteiger partial charge in [0.1, 0.15) is 5.82 Å². The normalized spacial score (nSPS) is 16.7. The van der Waals surface area contributed by atoms with Crippen LogP contribution >= 0.6 is 0 Å². The Bertz CT molecular complexity index is 1380. The van der Waals surface area contributed by atoms with E-state index in [2.05, 4.69) is 15.3 Å². The van der Waals surface area contributed by atoms with Crippen molar-refractivity contribution in [3.8, 4) is 0 Å². The number of aromatic carboxylic acids is 1. The van der Waals surface area contributed by atoms with Crippen LogP contribution in [0, 0.1) is 0 Å². The van der Waals surface area contributed by atoms with Crippen LogP contribution in [-0.4, -0.2) is 26.8 Å². The Balaban J connectivity index is 1.88. The van der Waals surface area contributed by atoms with Gasteiger partial charge in [0.2, 0.25) is 0 Å². The largest absolute Gasteiger partial charge is 0.478 e. The molecule has 1 atom stereocenters. The summed E-state index contributed by atoms with van der Waals surface area (Å²) < 4.78 is 0. The number of carboxylic acid groups (broad SMARTS) is 1. The molecule has 1 aliphatic heterocycles. The molecule has 3 aromatic rings. The second-order valence-electron chi connectivity index (χ2n) is 6.81. The highest BCUT2D eigenvalue weighted by atomic mass is 16.4. The monoisotopic (exact) mass is 387 g/mol. The number of Topliss-reactive ketones (excluding diaryl/α,β-unsaturated/α-hetero) is 1. The van der Waals surface area contributed by atoms with E-state index in [1.807, 2.05) is 0 Å². The smallest absolute Gasteiger partial charge is 0.335 e. The van der Waals surface area contributed by atoms with Crippen molar-refractivity contribution in [2.75, 3.05) is 5.32 Å². The molecule has 5 rings (SSSR count). The molecule has 8 heteroatoms. The Kier molecular flexibility index (Phi) is 3.44. The van der Waals surface area contributed by atoms with Crippen LogP contribution in [0.4, 0.5) is 5.82 Å². The fraction of sp³-hybridized carbons (Fsp3) is 0.0476. The van der Waals surface area contributed by atoms with E-state index in [4.69, 9.17) is 0 Å². The average molecular weight is 387 g/mol. The molecule has 2 aromatic carbocycles. The van der Waals surface area contributed by atoms with Gasteiger partial charge in [0, 0.05) is 22.6 Å². The topological polar surface area (TPSA) is 132 Å². The molecule has 2 aliphatic rings. The molecule has 0 radical (unpaired) electrons. The molecule has 0 spiro atoms. The lowest BCUT2D eigenvalue weighted by atomic mass is 9.80. The van der Waals surface area contributed by atoms with Crippen LogP contribution in [0.3, 0.4) is 0 Å². The summed E-state index contributed by atoms with van der Waals surface area (Å²) in [5.41, 5.74) is 0.824. The van der Waals surface area contributed by atoms with E-state index in [1.54, 1.807) is 42.5 Å². The number of rotatable bonds is 2. The first-order valence-corrected chi connectivity index (χ1v) is 8.81. The number of aromatic nitrogens is 2. The van der Waals surface area contributed by atoms with E-state index in [0.29, 0.717) is 22.4 Å². The molecular formula is C21H13N3O5. The van der Waals surface area contributed by atoms with E-state index < -0.39 is 23.1 Å². The summed E-state index contributed by atoms with van der Waals surface area (Å²) in [6, 6.07) is 13.2. The molecule has 0 amide bonds. The van der Waals surface area contributed by atoms with Crippen LogP contribution in [0.1, 0.15) is 43.3 Å². The van der Waals surface area contributed by atoms with Gasteiger partial charge in [-0.2, -0.15) is 0 Å². The van der Waals surface area contributed by atoms with Crippen molar-refractivity contribution in [1.29, 1.82) is 0 Å². The number of carbonyl (C=O) groups excluding carboxylic acids is 1. The maximum absolute atomic E-state index is 13.3. The predicted octanol–water partition coefficient (Wildman–Crippen LogP) is 1.93. The molecule has 142 valence electrons. The molecule has 29 heavy (non-hydrogen) atoms. The number of carboxylic acids is 1. The minimum absolute atomic E-state index is 0.0217. The minimum atomic E-state index is -1.17. The number of ketones is 1. The molecule has 1 aromatic heterocycles. The molecule has 0 saturated heterocycles. The number of allylic oxidation sites excluding steroid dienone is 1. The van der Waals surface area contributed by atoms with Crippen molar-refractivity contribution in [2.24, 2.45) is 0 Å². The molecule has 1 aliphatic carbocycles. The Morgan fingerprint density at radius 2 is 1.59 bits per heavy atom. The first-order valence-electron chi connectivity index (χ1n) is 8.81. The Hall–Kier alpha value is -4.20. The van der Waals surface area contributed by atoms with Crippen molar-refractivity contribution < 1.29 is 14.7 Å². The van der Waals surface area contributed by atoms with Gasteiger partial charge in [0.15, 0.2) is 5.78 Å². The van der Waals surface area contributed by atoms with E-state index >= 15 is 0 Å². The molecule has 4 N–H and O–H groups in total. The first-order chi connectivity index (χ1) is 14.0. The van der Waals surface area contributed by atoms with Crippen LogP contribution < -0.4 is 16.6 Å². The SMILES string of the molecule is O=C1C2=C(Nc3[nH]c(=O)[nH]c(=O)c3C2c2ccccc2C(=O)O)c2ccccc21. The highest BCUT2D eigenvalue weighted by Gasteiger charge is 2.42. The van der Waals surface area contributed by atoms with E-state index in [9.17, 15) is 24.3 Å². The van der Waals surface area contributed by atoms with Crippen molar-refractivity contribution in [1.82, 2.24) is 9.97 Å². The fourth-order valence-corrected chi connectivity index (χ4v) is 4.11. The quantitative estimate of drug-likeness (QED) is 0.531. The van der Waals surface area contributed by atoms with Crippen LogP contribution in [0.5, 0.6) is 0 Å². The number of fused-ring (bicyclic) bond motifs is 3. The van der Waals surface area contributed by atoms with Crippen LogP contribution in [-0.2, 0) is 0 Å². The zero-order valence-electron chi connectivity index (χ0n) is 14.8.